The molecule has 3 heterocycles. The molecule has 0 bridgehead atoms. The summed E-state index contributed by atoms with van der Waals surface area (Å²) in [5.74, 6) is 1.13. The molecular formula is C14H18N4O2S. The van der Waals surface area contributed by atoms with E-state index in [0.29, 0.717) is 28.2 Å². The third-order valence-electron chi connectivity index (χ3n) is 3.60. The minimum atomic E-state index is 0.00238. The number of nitrogens with one attached hydrogen (secondary N) is 2. The minimum Gasteiger partial charge on any atom is -0.461 e. The third kappa shape index (κ3) is 3.48. The Morgan fingerprint density at radius 3 is 3.19 bits per heavy atom. The lowest BCUT2D eigenvalue weighted by atomic mass is 9.96. The monoisotopic (exact) mass is 306 g/mol. The second kappa shape index (κ2) is 6.36. The van der Waals surface area contributed by atoms with Crippen LogP contribution in [-0.4, -0.2) is 29.2 Å². The number of piperidine rings is 1. The highest BCUT2D eigenvalue weighted by atomic mass is 32.1. The Labute approximate surface area is 127 Å². The highest BCUT2D eigenvalue weighted by Gasteiger charge is 2.18. The summed E-state index contributed by atoms with van der Waals surface area (Å²) >= 11 is 1.33. The van der Waals surface area contributed by atoms with Crippen LogP contribution in [0.15, 0.2) is 16.7 Å². The number of aromatic nitrogens is 2. The number of amides is 1. The van der Waals surface area contributed by atoms with Crippen molar-refractivity contribution >= 4 is 22.4 Å². The van der Waals surface area contributed by atoms with E-state index in [1.54, 1.807) is 6.26 Å². The molecule has 2 N–H and O–H groups in total. The van der Waals surface area contributed by atoms with Crippen LogP contribution in [0, 0.1) is 12.8 Å². The summed E-state index contributed by atoms with van der Waals surface area (Å²) < 4.78 is 5.38. The van der Waals surface area contributed by atoms with Gasteiger partial charge >= 0.3 is 0 Å². The third-order valence-corrected chi connectivity index (χ3v) is 4.44. The molecule has 0 aliphatic carbocycles. The molecule has 7 heteroatoms. The molecule has 3 rings (SSSR count). The SMILES string of the molecule is Cc1ccoc1-c1nnc(NC(=O)CC2CCCNC2)s1. The maximum Gasteiger partial charge on any atom is 0.226 e. The van der Waals surface area contributed by atoms with Crippen LogP contribution in [0.2, 0.25) is 0 Å². The number of rotatable bonds is 4. The van der Waals surface area contributed by atoms with Crippen LogP contribution < -0.4 is 10.6 Å². The summed E-state index contributed by atoms with van der Waals surface area (Å²) in [6.45, 7) is 3.93. The van der Waals surface area contributed by atoms with E-state index in [2.05, 4.69) is 20.8 Å². The molecule has 1 saturated heterocycles. The highest BCUT2D eigenvalue weighted by Crippen LogP contribution is 2.29. The molecule has 0 spiro atoms. The van der Waals surface area contributed by atoms with Crippen LogP contribution in [0.25, 0.3) is 10.8 Å². The number of furan rings is 1. The van der Waals surface area contributed by atoms with Crippen molar-refractivity contribution in [2.45, 2.75) is 26.2 Å². The van der Waals surface area contributed by atoms with Gasteiger partial charge in [-0.3, -0.25) is 4.79 Å². The topological polar surface area (TPSA) is 80.1 Å². The second-order valence-electron chi connectivity index (χ2n) is 5.31. The van der Waals surface area contributed by atoms with E-state index >= 15 is 0 Å². The first kappa shape index (κ1) is 14.2. The van der Waals surface area contributed by atoms with E-state index in [1.165, 1.54) is 11.3 Å². The molecule has 2 aromatic rings. The van der Waals surface area contributed by atoms with Gasteiger partial charge in [0, 0.05) is 6.42 Å². The van der Waals surface area contributed by atoms with Gasteiger partial charge in [0.15, 0.2) is 10.8 Å². The Bertz CT molecular complexity index is 616. The average Bonchev–Trinajstić information content (AvgIpc) is 3.08. The van der Waals surface area contributed by atoms with Gasteiger partial charge in [-0.05, 0) is 50.4 Å². The average molecular weight is 306 g/mol. The molecule has 0 radical (unpaired) electrons. The molecule has 1 unspecified atom stereocenters. The molecular weight excluding hydrogens is 288 g/mol. The predicted molar refractivity (Wildman–Crippen MR) is 81.2 cm³/mol. The molecule has 1 aliphatic heterocycles. The highest BCUT2D eigenvalue weighted by molar-refractivity contribution is 7.18. The van der Waals surface area contributed by atoms with Gasteiger partial charge in [-0.2, -0.15) is 0 Å². The van der Waals surface area contributed by atoms with Crippen LogP contribution in [-0.2, 0) is 4.79 Å². The van der Waals surface area contributed by atoms with Crippen molar-refractivity contribution in [3.8, 4) is 10.8 Å². The fourth-order valence-corrected chi connectivity index (χ4v) is 3.30. The van der Waals surface area contributed by atoms with Crippen molar-refractivity contribution in [1.82, 2.24) is 15.5 Å². The second-order valence-corrected chi connectivity index (χ2v) is 6.29. The maximum absolute atomic E-state index is 12.0. The summed E-state index contributed by atoms with van der Waals surface area (Å²) in [6.07, 6.45) is 4.40. The van der Waals surface area contributed by atoms with Gasteiger partial charge in [0.05, 0.1) is 6.26 Å². The summed E-state index contributed by atoms with van der Waals surface area (Å²) in [7, 11) is 0. The van der Waals surface area contributed by atoms with Gasteiger partial charge in [0.2, 0.25) is 11.0 Å². The van der Waals surface area contributed by atoms with Crippen molar-refractivity contribution in [2.24, 2.45) is 5.92 Å². The quantitative estimate of drug-likeness (QED) is 0.907. The van der Waals surface area contributed by atoms with Crippen LogP contribution in [0.3, 0.4) is 0 Å². The van der Waals surface area contributed by atoms with Crippen molar-refractivity contribution < 1.29 is 9.21 Å². The number of hydrogen-bond donors (Lipinski definition) is 2. The number of hydrogen-bond acceptors (Lipinski definition) is 6. The summed E-state index contributed by atoms with van der Waals surface area (Å²) in [5, 5.41) is 15.4. The van der Waals surface area contributed by atoms with E-state index in [1.807, 2.05) is 13.0 Å². The number of carbonyl (C=O) groups excluding carboxylic acids is 1. The van der Waals surface area contributed by atoms with E-state index in [-0.39, 0.29) is 5.91 Å². The molecule has 0 saturated carbocycles. The van der Waals surface area contributed by atoms with Gasteiger partial charge in [0.25, 0.3) is 0 Å². The van der Waals surface area contributed by atoms with Gasteiger partial charge in [-0.25, -0.2) is 0 Å². The van der Waals surface area contributed by atoms with Crippen molar-refractivity contribution in [2.75, 3.05) is 18.4 Å². The fraction of sp³-hybridized carbons (Fsp3) is 0.500. The zero-order valence-corrected chi connectivity index (χ0v) is 12.7. The minimum absolute atomic E-state index is 0.00238. The van der Waals surface area contributed by atoms with Crippen LogP contribution in [0.4, 0.5) is 5.13 Å². The van der Waals surface area contributed by atoms with Crippen molar-refractivity contribution in [3.05, 3.63) is 17.9 Å². The number of nitrogens with zero attached hydrogens (tertiary/aromatic N) is 2. The van der Waals surface area contributed by atoms with Gasteiger partial charge in [-0.15, -0.1) is 10.2 Å². The Morgan fingerprint density at radius 2 is 2.48 bits per heavy atom. The zero-order valence-electron chi connectivity index (χ0n) is 11.9. The van der Waals surface area contributed by atoms with Crippen molar-refractivity contribution in [3.63, 3.8) is 0 Å². The fourth-order valence-electron chi connectivity index (χ4n) is 2.49. The molecule has 1 amide bonds. The lowest BCUT2D eigenvalue weighted by Gasteiger charge is -2.21. The first-order chi connectivity index (χ1) is 10.2. The maximum atomic E-state index is 12.0. The Balaban J connectivity index is 1.59. The molecule has 1 aliphatic rings. The molecule has 6 nitrogen and oxygen atoms in total. The smallest absolute Gasteiger partial charge is 0.226 e. The summed E-state index contributed by atoms with van der Waals surface area (Å²) in [6, 6.07) is 1.88. The first-order valence-corrected chi connectivity index (χ1v) is 7.92. The van der Waals surface area contributed by atoms with Gasteiger partial charge < -0.3 is 15.1 Å². The molecule has 1 atom stereocenters. The molecule has 112 valence electrons. The normalized spacial score (nSPS) is 18.6. The molecule has 21 heavy (non-hydrogen) atoms. The standard InChI is InChI=1S/C14H18N4O2S/c1-9-4-6-20-12(9)13-17-18-14(21-13)16-11(19)7-10-3-2-5-15-8-10/h4,6,10,15H,2-3,5,7-8H2,1H3,(H,16,18,19). The van der Waals surface area contributed by atoms with E-state index in [9.17, 15) is 4.79 Å². The first-order valence-electron chi connectivity index (χ1n) is 7.11. The van der Waals surface area contributed by atoms with Gasteiger partial charge in [-0.1, -0.05) is 11.3 Å². The molecule has 0 aromatic carbocycles. The van der Waals surface area contributed by atoms with E-state index < -0.39 is 0 Å². The Morgan fingerprint density at radius 1 is 1.57 bits per heavy atom. The predicted octanol–water partition coefficient (Wildman–Crippen LogP) is 2.43. The Kier molecular flexibility index (Phi) is 4.31. The molecule has 1 fully saturated rings. The van der Waals surface area contributed by atoms with E-state index in [4.69, 9.17) is 4.42 Å². The summed E-state index contributed by atoms with van der Waals surface area (Å²) in [5.41, 5.74) is 1.01. The van der Waals surface area contributed by atoms with Crippen LogP contribution >= 0.6 is 11.3 Å². The zero-order chi connectivity index (χ0) is 14.7. The lowest BCUT2D eigenvalue weighted by Crippen LogP contribution is -2.32. The number of anilines is 1. The molecule has 2 aromatic heterocycles. The van der Waals surface area contributed by atoms with Crippen molar-refractivity contribution in [1.29, 1.82) is 0 Å². The number of aryl methyl sites for hydroxylation is 1. The van der Waals surface area contributed by atoms with Crippen LogP contribution in [0.1, 0.15) is 24.8 Å². The summed E-state index contributed by atoms with van der Waals surface area (Å²) in [4.78, 5) is 12.0. The van der Waals surface area contributed by atoms with E-state index in [0.717, 1.165) is 31.5 Å². The van der Waals surface area contributed by atoms with Crippen LogP contribution in [0.5, 0.6) is 0 Å². The lowest BCUT2D eigenvalue weighted by molar-refractivity contribution is -0.117. The Hall–Kier alpha value is -1.73. The van der Waals surface area contributed by atoms with Gasteiger partial charge in [0.1, 0.15) is 0 Å². The number of carbonyl (C=O) groups is 1. The largest absolute Gasteiger partial charge is 0.461 e.